The largest absolute Gasteiger partial charge is 0.354 e. The average Bonchev–Trinajstić information content (AvgIpc) is 3.26. The van der Waals surface area contributed by atoms with E-state index in [0.717, 1.165) is 11.1 Å². The van der Waals surface area contributed by atoms with E-state index in [1.807, 2.05) is 19.1 Å². The highest BCUT2D eigenvalue weighted by atomic mass is 16.2. The Bertz CT molecular complexity index is 984. The van der Waals surface area contributed by atoms with Gasteiger partial charge in [-0.1, -0.05) is 6.92 Å². The van der Waals surface area contributed by atoms with Gasteiger partial charge in [0.1, 0.15) is 11.5 Å². The van der Waals surface area contributed by atoms with Crippen molar-refractivity contribution in [3.8, 4) is 11.4 Å². The maximum Gasteiger partial charge on any atom is 0.272 e. The summed E-state index contributed by atoms with van der Waals surface area (Å²) in [4.78, 5) is 31.9. The molecule has 0 unspecified atom stereocenters. The van der Waals surface area contributed by atoms with Crippen molar-refractivity contribution in [2.75, 3.05) is 5.32 Å². The monoisotopic (exact) mass is 366 g/mol. The van der Waals surface area contributed by atoms with E-state index in [9.17, 15) is 9.59 Å². The number of nitrogens with zero attached hydrogens (tertiary/aromatic N) is 2. The molecule has 0 radical (unpaired) electrons. The molecule has 0 saturated heterocycles. The zero-order chi connectivity index (χ0) is 19.6. The highest BCUT2D eigenvalue weighted by molar-refractivity contribution is 6.07. The number of hydrogen-bond acceptors (Lipinski definition) is 5. The van der Waals surface area contributed by atoms with E-state index in [1.165, 1.54) is 6.92 Å². The summed E-state index contributed by atoms with van der Waals surface area (Å²) in [5.41, 5.74) is 9.44. The molecular formula is C19H22N6O2. The molecule has 8 heteroatoms. The summed E-state index contributed by atoms with van der Waals surface area (Å²) in [5, 5.41) is 9.73. The summed E-state index contributed by atoms with van der Waals surface area (Å²) in [6, 6.07) is 7.19. The zero-order valence-corrected chi connectivity index (χ0v) is 15.5. The third-order valence-electron chi connectivity index (χ3n) is 4.35. The molecule has 2 aromatic heterocycles. The molecule has 0 atom stereocenters. The number of benzene rings is 1. The second-order valence-corrected chi connectivity index (χ2v) is 6.23. The summed E-state index contributed by atoms with van der Waals surface area (Å²) < 4.78 is 0. The van der Waals surface area contributed by atoms with Crippen LogP contribution in [0.1, 0.15) is 51.8 Å². The number of anilines is 1. The Labute approximate surface area is 156 Å². The number of aryl methyl sites for hydroxylation is 1. The predicted octanol–water partition coefficient (Wildman–Crippen LogP) is 2.58. The van der Waals surface area contributed by atoms with Gasteiger partial charge in [0, 0.05) is 22.5 Å². The number of ketones is 1. The second kappa shape index (κ2) is 7.55. The van der Waals surface area contributed by atoms with Crippen LogP contribution in [0.4, 0.5) is 5.69 Å². The van der Waals surface area contributed by atoms with Crippen LogP contribution in [-0.4, -0.2) is 31.9 Å². The number of rotatable bonds is 6. The molecule has 5 N–H and O–H groups in total. The first kappa shape index (κ1) is 18.5. The highest BCUT2D eigenvalue weighted by Gasteiger charge is 2.21. The van der Waals surface area contributed by atoms with E-state index >= 15 is 0 Å². The topological polar surface area (TPSA) is 130 Å². The zero-order valence-electron chi connectivity index (χ0n) is 15.5. The standard InChI is InChI=1S/C19H22N6O2/c1-4-14-16(11(3)26)10(2)21-17(14)19(27)22-13-7-5-12(6-8-13)18-23-15(9-20)24-25-18/h5-8,21H,4,9,20H2,1-3H3,(H,22,27)(H,23,24,25). The van der Waals surface area contributed by atoms with Gasteiger partial charge in [0.2, 0.25) is 0 Å². The molecule has 140 valence electrons. The lowest BCUT2D eigenvalue weighted by atomic mass is 10.0. The van der Waals surface area contributed by atoms with E-state index in [4.69, 9.17) is 5.73 Å². The van der Waals surface area contributed by atoms with Crippen LogP contribution in [0.3, 0.4) is 0 Å². The Kier molecular flexibility index (Phi) is 5.18. The van der Waals surface area contributed by atoms with Gasteiger partial charge in [-0.25, -0.2) is 4.98 Å². The van der Waals surface area contributed by atoms with Gasteiger partial charge in [0.25, 0.3) is 5.91 Å². The minimum Gasteiger partial charge on any atom is -0.354 e. The van der Waals surface area contributed by atoms with E-state index in [1.54, 1.807) is 19.1 Å². The normalized spacial score (nSPS) is 10.8. The maximum atomic E-state index is 12.7. The van der Waals surface area contributed by atoms with Crippen LogP contribution >= 0.6 is 0 Å². The lowest BCUT2D eigenvalue weighted by Gasteiger charge is -2.07. The average molecular weight is 366 g/mol. The van der Waals surface area contributed by atoms with Crippen LogP contribution in [0, 0.1) is 6.92 Å². The molecule has 0 spiro atoms. The fourth-order valence-corrected chi connectivity index (χ4v) is 3.11. The molecule has 0 aliphatic heterocycles. The molecule has 0 fully saturated rings. The first-order chi connectivity index (χ1) is 12.9. The molecule has 27 heavy (non-hydrogen) atoms. The van der Waals surface area contributed by atoms with Gasteiger partial charge in [0.15, 0.2) is 11.6 Å². The van der Waals surface area contributed by atoms with Gasteiger partial charge in [-0.15, -0.1) is 0 Å². The lowest BCUT2D eigenvalue weighted by molar-refractivity contribution is 0.101. The van der Waals surface area contributed by atoms with Crippen molar-refractivity contribution in [1.29, 1.82) is 0 Å². The summed E-state index contributed by atoms with van der Waals surface area (Å²) >= 11 is 0. The van der Waals surface area contributed by atoms with Crippen molar-refractivity contribution in [3.63, 3.8) is 0 Å². The number of amides is 1. The number of aromatic amines is 2. The van der Waals surface area contributed by atoms with Crippen LogP contribution in [0.15, 0.2) is 24.3 Å². The van der Waals surface area contributed by atoms with Crippen molar-refractivity contribution in [2.24, 2.45) is 5.73 Å². The first-order valence-corrected chi connectivity index (χ1v) is 8.70. The predicted molar refractivity (Wildman–Crippen MR) is 103 cm³/mol. The van der Waals surface area contributed by atoms with Gasteiger partial charge in [-0.05, 0) is 50.1 Å². The molecule has 1 amide bonds. The Morgan fingerprint density at radius 1 is 1.22 bits per heavy atom. The van der Waals surface area contributed by atoms with Crippen molar-refractivity contribution in [3.05, 3.63) is 52.6 Å². The summed E-state index contributed by atoms with van der Waals surface area (Å²) in [6.07, 6.45) is 0.593. The molecule has 0 aliphatic rings. The number of H-pyrrole nitrogens is 2. The van der Waals surface area contributed by atoms with Crippen LogP contribution in [0.5, 0.6) is 0 Å². The summed E-state index contributed by atoms with van der Waals surface area (Å²) in [7, 11) is 0. The summed E-state index contributed by atoms with van der Waals surface area (Å²) in [5.74, 6) is 0.830. The smallest absolute Gasteiger partial charge is 0.272 e. The first-order valence-electron chi connectivity index (χ1n) is 8.70. The fraction of sp³-hybridized carbons (Fsp3) is 0.263. The summed E-state index contributed by atoms with van der Waals surface area (Å²) in [6.45, 7) is 5.52. The number of carbonyl (C=O) groups is 2. The third-order valence-corrected chi connectivity index (χ3v) is 4.35. The van der Waals surface area contributed by atoms with Crippen LogP contribution in [0.25, 0.3) is 11.4 Å². The van der Waals surface area contributed by atoms with Crippen molar-refractivity contribution < 1.29 is 9.59 Å². The Morgan fingerprint density at radius 2 is 1.93 bits per heavy atom. The Balaban J connectivity index is 1.80. The minimum absolute atomic E-state index is 0.0487. The lowest BCUT2D eigenvalue weighted by Crippen LogP contribution is -2.14. The van der Waals surface area contributed by atoms with Gasteiger partial charge >= 0.3 is 0 Å². The fourth-order valence-electron chi connectivity index (χ4n) is 3.11. The SMILES string of the molecule is CCc1c(C(=O)Nc2ccc(-c3n[nH]c(CN)n3)cc2)[nH]c(C)c1C(C)=O. The van der Waals surface area contributed by atoms with E-state index in [0.29, 0.717) is 47.3 Å². The Hall–Kier alpha value is -3.26. The van der Waals surface area contributed by atoms with Crippen molar-refractivity contribution >= 4 is 17.4 Å². The number of nitrogens with two attached hydrogens (primary N) is 1. The van der Waals surface area contributed by atoms with E-state index < -0.39 is 0 Å². The number of nitrogens with one attached hydrogen (secondary N) is 3. The molecule has 0 saturated carbocycles. The molecule has 1 aromatic carbocycles. The molecule has 8 nitrogen and oxygen atoms in total. The van der Waals surface area contributed by atoms with Crippen molar-refractivity contribution in [1.82, 2.24) is 20.2 Å². The van der Waals surface area contributed by atoms with E-state index in [2.05, 4.69) is 25.5 Å². The van der Waals surface area contributed by atoms with Crippen LogP contribution < -0.4 is 11.1 Å². The molecule has 3 aromatic rings. The highest BCUT2D eigenvalue weighted by Crippen LogP contribution is 2.22. The number of carbonyl (C=O) groups excluding carboxylic acids is 2. The third kappa shape index (κ3) is 3.65. The van der Waals surface area contributed by atoms with Gasteiger partial charge in [-0.2, -0.15) is 5.10 Å². The number of Topliss-reactive ketones (excluding diaryl/α,β-unsaturated/α-hetero) is 1. The van der Waals surface area contributed by atoms with Crippen LogP contribution in [0.2, 0.25) is 0 Å². The van der Waals surface area contributed by atoms with Crippen LogP contribution in [-0.2, 0) is 13.0 Å². The van der Waals surface area contributed by atoms with Gasteiger partial charge in [0.05, 0.1) is 6.54 Å². The maximum absolute atomic E-state index is 12.7. The van der Waals surface area contributed by atoms with Gasteiger partial charge in [-0.3, -0.25) is 14.7 Å². The van der Waals surface area contributed by atoms with Crippen molar-refractivity contribution in [2.45, 2.75) is 33.7 Å². The molecule has 0 aliphatic carbocycles. The minimum atomic E-state index is -0.279. The molecule has 0 bridgehead atoms. The Morgan fingerprint density at radius 3 is 2.48 bits per heavy atom. The quantitative estimate of drug-likeness (QED) is 0.498. The number of aromatic nitrogens is 4. The molecule has 3 rings (SSSR count). The molecular weight excluding hydrogens is 344 g/mol. The molecule has 2 heterocycles. The van der Waals surface area contributed by atoms with Gasteiger partial charge < -0.3 is 16.0 Å². The van der Waals surface area contributed by atoms with E-state index in [-0.39, 0.29) is 11.7 Å². The number of hydrogen-bond donors (Lipinski definition) is 4. The second-order valence-electron chi connectivity index (χ2n) is 6.23.